The zero-order valence-corrected chi connectivity index (χ0v) is 19.5. The normalized spacial score (nSPS) is 17.0. The molecule has 0 bridgehead atoms. The molecule has 1 N–H and O–H groups in total. The van der Waals surface area contributed by atoms with Crippen LogP contribution in [0.1, 0.15) is 68.6 Å². The first-order valence-corrected chi connectivity index (χ1v) is 10.8. The minimum absolute atomic E-state index is 0.0995. The predicted octanol–water partition coefficient (Wildman–Crippen LogP) is 4.77. The van der Waals surface area contributed by atoms with E-state index in [4.69, 9.17) is 4.98 Å². The molecule has 6 heteroatoms. The molecule has 1 aliphatic heterocycles. The Morgan fingerprint density at radius 3 is 2.57 bits per heavy atom. The highest BCUT2D eigenvalue weighted by molar-refractivity contribution is 6.02. The molecular formula is C24H35N5O. The highest BCUT2D eigenvalue weighted by atomic mass is 16.1. The number of carbonyl (C=O) groups excluding carboxylic acids is 1. The minimum atomic E-state index is -0.0995. The van der Waals surface area contributed by atoms with Crippen molar-refractivity contribution in [2.75, 3.05) is 18.0 Å². The molecule has 0 unspecified atom stereocenters. The van der Waals surface area contributed by atoms with Gasteiger partial charge >= 0.3 is 0 Å². The summed E-state index contributed by atoms with van der Waals surface area (Å²) in [5.74, 6) is 0.689. The third-order valence-electron chi connectivity index (χ3n) is 6.23. The summed E-state index contributed by atoms with van der Waals surface area (Å²) in [7, 11) is 1.91. The first kappa shape index (κ1) is 22.1. The number of nitrogens with one attached hydrogen (secondary N) is 1. The van der Waals surface area contributed by atoms with Crippen LogP contribution in [0, 0.1) is 19.3 Å². The Morgan fingerprint density at radius 2 is 1.93 bits per heavy atom. The molecule has 6 nitrogen and oxygen atoms in total. The van der Waals surface area contributed by atoms with Crippen molar-refractivity contribution in [2.45, 2.75) is 60.8 Å². The van der Waals surface area contributed by atoms with Gasteiger partial charge in [-0.3, -0.25) is 9.48 Å². The van der Waals surface area contributed by atoms with Crippen LogP contribution in [0.4, 0.5) is 5.82 Å². The maximum absolute atomic E-state index is 13.3. The zero-order valence-electron chi connectivity index (χ0n) is 19.5. The molecular weight excluding hydrogens is 374 g/mol. The second kappa shape index (κ2) is 8.62. The van der Waals surface area contributed by atoms with E-state index in [1.807, 2.05) is 53.2 Å². The van der Waals surface area contributed by atoms with Crippen molar-refractivity contribution in [1.29, 1.82) is 0 Å². The highest BCUT2D eigenvalue weighted by Gasteiger charge is 2.28. The standard InChI is InChI=1S/C24H35N5O/c1-8-16(2)26-23(30)21-17(3)19(20-15-28(7)27-18(20)4)14-25-22(21)29-12-9-10-24(5,6)11-13-29/h8,14-15H,9-13H2,1-7H3,(H,26,30)/b16-8+. The van der Waals surface area contributed by atoms with E-state index in [-0.39, 0.29) is 5.91 Å². The topological polar surface area (TPSA) is 63.1 Å². The van der Waals surface area contributed by atoms with Crippen molar-refractivity contribution < 1.29 is 4.79 Å². The third kappa shape index (κ3) is 4.58. The Kier molecular flexibility index (Phi) is 6.34. The van der Waals surface area contributed by atoms with Crippen LogP contribution < -0.4 is 10.2 Å². The number of rotatable bonds is 4. The second-order valence-electron chi connectivity index (χ2n) is 9.23. The number of carbonyl (C=O) groups is 1. The molecule has 30 heavy (non-hydrogen) atoms. The van der Waals surface area contributed by atoms with Gasteiger partial charge in [0.2, 0.25) is 0 Å². The predicted molar refractivity (Wildman–Crippen MR) is 123 cm³/mol. The van der Waals surface area contributed by atoms with Gasteiger partial charge in [0.15, 0.2) is 0 Å². The molecule has 3 rings (SSSR count). The summed E-state index contributed by atoms with van der Waals surface area (Å²) in [6.45, 7) is 14.3. The summed E-state index contributed by atoms with van der Waals surface area (Å²) in [5.41, 5.74) is 5.68. The molecule has 2 aromatic heterocycles. The number of aryl methyl sites for hydroxylation is 2. The van der Waals surface area contributed by atoms with Gasteiger partial charge in [0.25, 0.3) is 5.91 Å². The number of nitrogens with zero attached hydrogens (tertiary/aromatic N) is 4. The Labute approximate surface area is 180 Å². The van der Waals surface area contributed by atoms with Gasteiger partial charge in [0.1, 0.15) is 5.82 Å². The van der Waals surface area contributed by atoms with Crippen molar-refractivity contribution in [2.24, 2.45) is 12.5 Å². The van der Waals surface area contributed by atoms with E-state index in [0.29, 0.717) is 11.0 Å². The van der Waals surface area contributed by atoms with Crippen molar-refractivity contribution >= 4 is 11.7 Å². The van der Waals surface area contributed by atoms with Gasteiger partial charge in [-0.2, -0.15) is 5.10 Å². The fourth-order valence-corrected chi connectivity index (χ4v) is 4.19. The van der Waals surface area contributed by atoms with Crippen LogP contribution in [0.2, 0.25) is 0 Å². The lowest BCUT2D eigenvalue weighted by molar-refractivity contribution is 0.0965. The molecule has 0 spiro atoms. The van der Waals surface area contributed by atoms with E-state index in [1.54, 1.807) is 4.68 Å². The number of hydrogen-bond acceptors (Lipinski definition) is 4. The largest absolute Gasteiger partial charge is 0.356 e. The monoisotopic (exact) mass is 409 g/mol. The first-order chi connectivity index (χ1) is 14.1. The van der Waals surface area contributed by atoms with Gasteiger partial charge < -0.3 is 10.2 Å². The summed E-state index contributed by atoms with van der Waals surface area (Å²) in [6, 6.07) is 0. The Morgan fingerprint density at radius 1 is 1.20 bits per heavy atom. The number of allylic oxidation sites excluding steroid dienone is 2. The van der Waals surface area contributed by atoms with Crippen molar-refractivity contribution in [3.8, 4) is 11.1 Å². The van der Waals surface area contributed by atoms with Crippen LogP contribution in [0.25, 0.3) is 11.1 Å². The summed E-state index contributed by atoms with van der Waals surface area (Å²) in [4.78, 5) is 20.5. The van der Waals surface area contributed by atoms with Gasteiger partial charge in [-0.25, -0.2) is 4.98 Å². The van der Waals surface area contributed by atoms with Gasteiger partial charge in [-0.15, -0.1) is 0 Å². The van der Waals surface area contributed by atoms with Crippen LogP contribution in [-0.4, -0.2) is 33.8 Å². The molecule has 2 aromatic rings. The van der Waals surface area contributed by atoms with Crippen molar-refractivity contribution in [1.82, 2.24) is 20.1 Å². The molecule has 1 amide bonds. The fraction of sp³-hybridized carbons (Fsp3) is 0.542. The quantitative estimate of drug-likeness (QED) is 0.790. The van der Waals surface area contributed by atoms with E-state index in [0.717, 1.165) is 59.8 Å². The molecule has 0 radical (unpaired) electrons. The fourth-order valence-electron chi connectivity index (χ4n) is 4.19. The van der Waals surface area contributed by atoms with E-state index in [9.17, 15) is 4.79 Å². The summed E-state index contributed by atoms with van der Waals surface area (Å²) in [6.07, 6.45) is 9.19. The van der Waals surface area contributed by atoms with E-state index < -0.39 is 0 Å². The summed E-state index contributed by atoms with van der Waals surface area (Å²) in [5, 5.41) is 7.51. The van der Waals surface area contributed by atoms with Crippen LogP contribution in [0.5, 0.6) is 0 Å². The lowest BCUT2D eigenvalue weighted by atomic mass is 9.85. The molecule has 1 aliphatic rings. The number of pyridine rings is 1. The Hall–Kier alpha value is -2.63. The van der Waals surface area contributed by atoms with Crippen LogP contribution in [0.15, 0.2) is 24.2 Å². The maximum Gasteiger partial charge on any atom is 0.259 e. The Bertz CT molecular complexity index is 970. The SMILES string of the molecule is C/C=C(\C)NC(=O)c1c(N2CCCC(C)(C)CC2)ncc(-c2cn(C)nc2C)c1C. The lowest BCUT2D eigenvalue weighted by Crippen LogP contribution is -2.31. The molecule has 1 saturated heterocycles. The van der Waals surface area contributed by atoms with Gasteiger partial charge in [0.05, 0.1) is 11.3 Å². The van der Waals surface area contributed by atoms with Crippen LogP contribution in [-0.2, 0) is 7.05 Å². The maximum atomic E-state index is 13.3. The number of hydrogen-bond donors (Lipinski definition) is 1. The van der Waals surface area contributed by atoms with E-state index in [1.165, 1.54) is 6.42 Å². The third-order valence-corrected chi connectivity index (χ3v) is 6.23. The smallest absolute Gasteiger partial charge is 0.259 e. The molecule has 3 heterocycles. The first-order valence-electron chi connectivity index (χ1n) is 10.8. The van der Waals surface area contributed by atoms with Gasteiger partial charge in [-0.1, -0.05) is 19.9 Å². The lowest BCUT2D eigenvalue weighted by Gasteiger charge is -2.27. The molecule has 1 fully saturated rings. The van der Waals surface area contributed by atoms with Crippen LogP contribution >= 0.6 is 0 Å². The van der Waals surface area contributed by atoms with E-state index in [2.05, 4.69) is 29.2 Å². The van der Waals surface area contributed by atoms with Gasteiger partial charge in [0, 0.05) is 49.4 Å². The van der Waals surface area contributed by atoms with Crippen molar-refractivity contribution in [3.05, 3.63) is 41.0 Å². The van der Waals surface area contributed by atoms with E-state index >= 15 is 0 Å². The molecule has 0 atom stereocenters. The summed E-state index contributed by atoms with van der Waals surface area (Å²) >= 11 is 0. The number of aromatic nitrogens is 3. The zero-order chi connectivity index (χ0) is 22.1. The molecule has 0 saturated carbocycles. The molecule has 0 aromatic carbocycles. The second-order valence-corrected chi connectivity index (χ2v) is 9.23. The minimum Gasteiger partial charge on any atom is -0.356 e. The van der Waals surface area contributed by atoms with Crippen molar-refractivity contribution in [3.63, 3.8) is 0 Å². The Balaban J connectivity index is 2.11. The summed E-state index contributed by atoms with van der Waals surface area (Å²) < 4.78 is 1.80. The molecule has 162 valence electrons. The average molecular weight is 410 g/mol. The average Bonchev–Trinajstić information content (AvgIpc) is 2.90. The number of anilines is 1. The molecule has 0 aliphatic carbocycles. The highest BCUT2D eigenvalue weighted by Crippen LogP contribution is 2.35. The van der Waals surface area contributed by atoms with Gasteiger partial charge in [-0.05, 0) is 57.9 Å². The van der Waals surface area contributed by atoms with Crippen LogP contribution in [0.3, 0.4) is 0 Å². The number of amides is 1.